The van der Waals surface area contributed by atoms with Gasteiger partial charge in [-0.2, -0.15) is 15.0 Å². The van der Waals surface area contributed by atoms with Crippen LogP contribution in [0.2, 0.25) is 0 Å². The first-order valence-electron chi connectivity index (χ1n) is 11.3. The molecule has 2 aromatic carbocycles. The predicted molar refractivity (Wildman–Crippen MR) is 130 cm³/mol. The molecule has 1 aliphatic heterocycles. The van der Waals surface area contributed by atoms with Crippen molar-refractivity contribution in [2.75, 3.05) is 41.8 Å². The Morgan fingerprint density at radius 3 is 1.53 bits per heavy atom. The van der Waals surface area contributed by atoms with Gasteiger partial charge in [-0.25, -0.2) is 0 Å². The van der Waals surface area contributed by atoms with Crippen molar-refractivity contribution in [3.8, 4) is 0 Å². The molecule has 1 aromatic heterocycles. The first-order chi connectivity index (χ1) is 15.5. The number of hydrogen-bond acceptors (Lipinski definition) is 7. The third-order valence-corrected chi connectivity index (χ3v) is 5.58. The average Bonchev–Trinajstić information content (AvgIpc) is 2.80. The standard InChI is InChI=1S/C25H32N6O/c1-17(2)19-5-9-21(10-6-19)26-23-28-24(27-22-11-7-20(8-12-22)18(3)4)30-25(29-23)31-13-15-32-16-14-31/h5-12,17-18H,13-16H2,1-4H3,(H2,26,27,28,29,30). The van der Waals surface area contributed by atoms with Crippen LogP contribution in [0.15, 0.2) is 48.5 Å². The molecule has 168 valence electrons. The highest BCUT2D eigenvalue weighted by molar-refractivity contribution is 5.60. The molecule has 0 aliphatic carbocycles. The van der Waals surface area contributed by atoms with Crippen LogP contribution in [0.25, 0.3) is 0 Å². The van der Waals surface area contributed by atoms with Crippen molar-refractivity contribution in [1.29, 1.82) is 0 Å². The van der Waals surface area contributed by atoms with Gasteiger partial charge in [-0.15, -0.1) is 0 Å². The number of morpholine rings is 1. The predicted octanol–water partition coefficient (Wildman–Crippen LogP) is 5.44. The second-order valence-corrected chi connectivity index (χ2v) is 8.69. The molecule has 0 atom stereocenters. The lowest BCUT2D eigenvalue weighted by Gasteiger charge is -2.27. The van der Waals surface area contributed by atoms with Gasteiger partial charge in [0, 0.05) is 24.5 Å². The van der Waals surface area contributed by atoms with Crippen molar-refractivity contribution >= 4 is 29.2 Å². The van der Waals surface area contributed by atoms with Gasteiger partial charge in [0.15, 0.2) is 0 Å². The van der Waals surface area contributed by atoms with Crippen molar-refractivity contribution in [2.24, 2.45) is 0 Å². The van der Waals surface area contributed by atoms with Crippen molar-refractivity contribution in [3.63, 3.8) is 0 Å². The summed E-state index contributed by atoms with van der Waals surface area (Å²) in [6.07, 6.45) is 0. The van der Waals surface area contributed by atoms with Crippen LogP contribution in [-0.2, 0) is 4.74 Å². The molecule has 7 nitrogen and oxygen atoms in total. The molecule has 0 amide bonds. The number of nitrogens with one attached hydrogen (secondary N) is 2. The van der Waals surface area contributed by atoms with E-state index in [0.717, 1.165) is 24.5 Å². The van der Waals surface area contributed by atoms with Gasteiger partial charge in [0.25, 0.3) is 0 Å². The first-order valence-corrected chi connectivity index (χ1v) is 11.3. The molecule has 0 saturated carbocycles. The van der Waals surface area contributed by atoms with Gasteiger partial charge in [0.2, 0.25) is 17.8 Å². The van der Waals surface area contributed by atoms with E-state index in [1.54, 1.807) is 0 Å². The quantitative estimate of drug-likeness (QED) is 0.515. The van der Waals surface area contributed by atoms with Gasteiger partial charge in [-0.3, -0.25) is 0 Å². The molecule has 0 radical (unpaired) electrons. The molecule has 0 unspecified atom stereocenters. The fourth-order valence-electron chi connectivity index (χ4n) is 3.54. The number of nitrogens with zero attached hydrogens (tertiary/aromatic N) is 4. The van der Waals surface area contributed by atoms with Crippen molar-refractivity contribution in [1.82, 2.24) is 15.0 Å². The lowest BCUT2D eigenvalue weighted by atomic mass is 10.0. The first kappa shape index (κ1) is 22.0. The minimum Gasteiger partial charge on any atom is -0.378 e. The van der Waals surface area contributed by atoms with E-state index < -0.39 is 0 Å². The lowest BCUT2D eigenvalue weighted by molar-refractivity contribution is 0.122. The summed E-state index contributed by atoms with van der Waals surface area (Å²) in [5, 5.41) is 6.68. The van der Waals surface area contributed by atoms with E-state index in [-0.39, 0.29) is 0 Å². The molecule has 1 saturated heterocycles. The van der Waals surface area contributed by atoms with Crippen molar-refractivity contribution in [3.05, 3.63) is 59.7 Å². The van der Waals surface area contributed by atoms with Crippen molar-refractivity contribution < 1.29 is 4.74 Å². The third kappa shape index (κ3) is 5.53. The Kier molecular flexibility index (Phi) is 6.85. The summed E-state index contributed by atoms with van der Waals surface area (Å²) < 4.78 is 5.49. The molecule has 7 heteroatoms. The Morgan fingerprint density at radius 2 is 1.12 bits per heavy atom. The molecule has 1 aliphatic rings. The molecular weight excluding hydrogens is 400 g/mol. The highest BCUT2D eigenvalue weighted by Crippen LogP contribution is 2.24. The Balaban J connectivity index is 1.59. The molecule has 3 aromatic rings. The van der Waals surface area contributed by atoms with Crippen LogP contribution < -0.4 is 15.5 Å². The van der Waals surface area contributed by atoms with Crippen LogP contribution in [0.4, 0.5) is 29.2 Å². The zero-order valence-electron chi connectivity index (χ0n) is 19.3. The van der Waals surface area contributed by atoms with Gasteiger partial charge < -0.3 is 20.3 Å². The maximum atomic E-state index is 5.49. The minimum atomic E-state index is 0.493. The van der Waals surface area contributed by atoms with E-state index in [1.165, 1.54) is 11.1 Å². The zero-order chi connectivity index (χ0) is 22.5. The molecular formula is C25H32N6O. The molecule has 0 spiro atoms. The lowest BCUT2D eigenvalue weighted by Crippen LogP contribution is -2.37. The molecule has 2 N–H and O–H groups in total. The van der Waals surface area contributed by atoms with Crippen LogP contribution in [0.5, 0.6) is 0 Å². The zero-order valence-corrected chi connectivity index (χ0v) is 19.3. The summed E-state index contributed by atoms with van der Waals surface area (Å²) in [5.41, 5.74) is 4.49. The summed E-state index contributed by atoms with van der Waals surface area (Å²) in [5.74, 6) is 2.66. The van der Waals surface area contributed by atoms with E-state index in [0.29, 0.717) is 42.9 Å². The Bertz CT molecular complexity index is 940. The van der Waals surface area contributed by atoms with E-state index >= 15 is 0 Å². The number of ether oxygens (including phenoxy) is 1. The minimum absolute atomic E-state index is 0.493. The summed E-state index contributed by atoms with van der Waals surface area (Å²) in [6, 6.07) is 16.8. The molecule has 1 fully saturated rings. The van der Waals surface area contributed by atoms with Gasteiger partial charge in [-0.1, -0.05) is 52.0 Å². The molecule has 0 bridgehead atoms. The fraction of sp³-hybridized carbons (Fsp3) is 0.400. The van der Waals surface area contributed by atoms with Crippen LogP contribution in [-0.4, -0.2) is 41.3 Å². The summed E-state index contributed by atoms with van der Waals surface area (Å²) in [4.78, 5) is 16.1. The Morgan fingerprint density at radius 1 is 0.688 bits per heavy atom. The third-order valence-electron chi connectivity index (χ3n) is 5.58. The van der Waals surface area contributed by atoms with E-state index in [2.05, 4.69) is 107 Å². The van der Waals surface area contributed by atoms with E-state index in [4.69, 9.17) is 4.74 Å². The van der Waals surface area contributed by atoms with E-state index in [9.17, 15) is 0 Å². The van der Waals surface area contributed by atoms with Gasteiger partial charge in [0.1, 0.15) is 0 Å². The van der Waals surface area contributed by atoms with Gasteiger partial charge in [0.05, 0.1) is 13.2 Å². The van der Waals surface area contributed by atoms with Crippen LogP contribution in [0, 0.1) is 0 Å². The summed E-state index contributed by atoms with van der Waals surface area (Å²) >= 11 is 0. The monoisotopic (exact) mass is 432 g/mol. The van der Waals surface area contributed by atoms with Gasteiger partial charge >= 0.3 is 0 Å². The van der Waals surface area contributed by atoms with Crippen LogP contribution in [0.3, 0.4) is 0 Å². The SMILES string of the molecule is CC(C)c1ccc(Nc2nc(Nc3ccc(C(C)C)cc3)nc(N3CCOCC3)n2)cc1. The van der Waals surface area contributed by atoms with E-state index in [1.807, 2.05) is 0 Å². The molecule has 4 rings (SSSR count). The van der Waals surface area contributed by atoms with Crippen LogP contribution in [0.1, 0.15) is 50.7 Å². The molecule has 32 heavy (non-hydrogen) atoms. The molecule has 2 heterocycles. The smallest absolute Gasteiger partial charge is 0.233 e. The average molecular weight is 433 g/mol. The second kappa shape index (κ2) is 9.96. The Hall–Kier alpha value is -3.19. The summed E-state index contributed by atoms with van der Waals surface area (Å²) in [6.45, 7) is 11.6. The highest BCUT2D eigenvalue weighted by atomic mass is 16.5. The number of aromatic nitrogens is 3. The normalized spacial score (nSPS) is 14.1. The number of rotatable bonds is 7. The maximum absolute atomic E-state index is 5.49. The summed E-state index contributed by atoms with van der Waals surface area (Å²) in [7, 11) is 0. The van der Waals surface area contributed by atoms with Gasteiger partial charge in [-0.05, 0) is 47.2 Å². The Labute approximate surface area is 190 Å². The fourth-order valence-corrected chi connectivity index (χ4v) is 3.54. The maximum Gasteiger partial charge on any atom is 0.233 e. The van der Waals surface area contributed by atoms with Crippen LogP contribution >= 0.6 is 0 Å². The number of hydrogen-bond donors (Lipinski definition) is 2. The van der Waals surface area contributed by atoms with Crippen molar-refractivity contribution in [2.45, 2.75) is 39.5 Å². The topological polar surface area (TPSA) is 75.2 Å². The number of benzene rings is 2. The largest absolute Gasteiger partial charge is 0.378 e. The second-order valence-electron chi connectivity index (χ2n) is 8.69. The number of anilines is 5. The highest BCUT2D eigenvalue weighted by Gasteiger charge is 2.17.